The van der Waals surface area contributed by atoms with Crippen molar-refractivity contribution in [1.29, 1.82) is 0 Å². The first-order valence-electron chi connectivity index (χ1n) is 7.17. The number of nitrogens with one attached hydrogen (secondary N) is 2. The second kappa shape index (κ2) is 7.38. The molecule has 1 heterocycles. The highest BCUT2D eigenvalue weighted by Crippen LogP contribution is 2.21. The summed E-state index contributed by atoms with van der Waals surface area (Å²) in [5, 5.41) is 4.12. The molecule has 0 amide bonds. The van der Waals surface area contributed by atoms with Crippen molar-refractivity contribution < 1.29 is 8.42 Å². The summed E-state index contributed by atoms with van der Waals surface area (Å²) in [7, 11) is -3.34. The van der Waals surface area contributed by atoms with Crippen LogP contribution in [0.2, 0.25) is 0 Å². The number of hydrogen-bond donors (Lipinski definition) is 2. The fraction of sp³-hybridized carbons (Fsp3) is 0.400. The molecule has 1 aromatic heterocycles. The van der Waals surface area contributed by atoms with E-state index >= 15 is 0 Å². The Kier molecular flexibility index (Phi) is 5.52. The highest BCUT2D eigenvalue weighted by Gasteiger charge is 2.12. The maximum Gasteiger partial charge on any atom is 0.232 e. The van der Waals surface area contributed by atoms with E-state index in [0.29, 0.717) is 24.2 Å². The minimum absolute atomic E-state index is 0.104. The Morgan fingerprint density at radius 2 is 1.95 bits per heavy atom. The molecule has 0 unspecified atom stereocenters. The number of hydrogen-bond acceptors (Lipinski definition) is 4. The third-order valence-corrected chi connectivity index (χ3v) is 4.45. The van der Waals surface area contributed by atoms with Crippen LogP contribution in [-0.4, -0.2) is 32.2 Å². The summed E-state index contributed by atoms with van der Waals surface area (Å²) in [5.74, 6) is 0.104. The SMILES string of the molecule is CCCNCCCS(=O)(=O)Nc1cccc2cccnc12. The first-order chi connectivity index (χ1) is 10.1. The first kappa shape index (κ1) is 15.7. The van der Waals surface area contributed by atoms with Crippen molar-refractivity contribution in [3.8, 4) is 0 Å². The van der Waals surface area contributed by atoms with Gasteiger partial charge in [-0.25, -0.2) is 8.42 Å². The van der Waals surface area contributed by atoms with Gasteiger partial charge >= 0.3 is 0 Å². The molecular formula is C15H21N3O2S. The Morgan fingerprint density at radius 1 is 1.14 bits per heavy atom. The molecule has 0 aliphatic heterocycles. The quantitative estimate of drug-likeness (QED) is 0.735. The van der Waals surface area contributed by atoms with Gasteiger partial charge in [0.15, 0.2) is 0 Å². The number of fused-ring (bicyclic) bond motifs is 1. The number of anilines is 1. The lowest BCUT2D eigenvalue weighted by atomic mass is 10.2. The van der Waals surface area contributed by atoms with Crippen molar-refractivity contribution >= 4 is 26.6 Å². The van der Waals surface area contributed by atoms with Gasteiger partial charge in [0.25, 0.3) is 0 Å². The topological polar surface area (TPSA) is 71.1 Å². The number of para-hydroxylation sites is 1. The molecule has 0 radical (unpaired) electrons. The second-order valence-corrected chi connectivity index (χ2v) is 6.75. The van der Waals surface area contributed by atoms with E-state index < -0.39 is 10.0 Å². The number of aromatic nitrogens is 1. The molecule has 0 fully saturated rings. The van der Waals surface area contributed by atoms with Crippen molar-refractivity contribution in [3.05, 3.63) is 36.5 Å². The number of sulfonamides is 1. The third kappa shape index (κ3) is 4.68. The predicted molar refractivity (Wildman–Crippen MR) is 86.9 cm³/mol. The highest BCUT2D eigenvalue weighted by atomic mass is 32.2. The average molecular weight is 307 g/mol. The molecule has 21 heavy (non-hydrogen) atoms. The van der Waals surface area contributed by atoms with E-state index in [1.165, 1.54) is 0 Å². The Morgan fingerprint density at radius 3 is 2.76 bits per heavy atom. The summed E-state index contributed by atoms with van der Waals surface area (Å²) < 4.78 is 26.9. The number of rotatable bonds is 8. The van der Waals surface area contributed by atoms with E-state index in [1.54, 1.807) is 12.3 Å². The molecule has 0 saturated carbocycles. The fourth-order valence-corrected chi connectivity index (χ4v) is 3.22. The maximum atomic E-state index is 12.1. The minimum atomic E-state index is -3.34. The molecule has 0 atom stereocenters. The van der Waals surface area contributed by atoms with Gasteiger partial charge < -0.3 is 5.32 Å². The number of pyridine rings is 1. The zero-order chi connectivity index (χ0) is 15.1. The maximum absolute atomic E-state index is 12.1. The van der Waals surface area contributed by atoms with Crippen LogP contribution in [0.4, 0.5) is 5.69 Å². The molecule has 114 valence electrons. The standard InChI is InChI=1S/C15H21N3O2S/c1-2-9-16-10-5-12-21(19,20)18-14-8-3-6-13-7-4-11-17-15(13)14/h3-4,6-8,11,16,18H,2,5,9-10,12H2,1H3. The van der Waals surface area contributed by atoms with E-state index in [1.807, 2.05) is 24.3 Å². The minimum Gasteiger partial charge on any atom is -0.317 e. The largest absolute Gasteiger partial charge is 0.317 e. The van der Waals surface area contributed by atoms with Crippen LogP contribution in [0, 0.1) is 0 Å². The van der Waals surface area contributed by atoms with Crippen LogP contribution >= 0.6 is 0 Å². The third-order valence-electron chi connectivity index (χ3n) is 3.09. The molecule has 0 bridgehead atoms. The summed E-state index contributed by atoms with van der Waals surface area (Å²) >= 11 is 0. The van der Waals surface area contributed by atoms with Crippen LogP contribution in [0.25, 0.3) is 10.9 Å². The summed E-state index contributed by atoms with van der Waals surface area (Å²) in [6.07, 6.45) is 3.30. The van der Waals surface area contributed by atoms with Gasteiger partial charge in [0.2, 0.25) is 10.0 Å². The van der Waals surface area contributed by atoms with Crippen LogP contribution < -0.4 is 10.0 Å². The van der Waals surface area contributed by atoms with E-state index in [9.17, 15) is 8.42 Å². The first-order valence-corrected chi connectivity index (χ1v) is 8.82. The fourth-order valence-electron chi connectivity index (χ4n) is 2.09. The van der Waals surface area contributed by atoms with Crippen LogP contribution in [0.15, 0.2) is 36.5 Å². The van der Waals surface area contributed by atoms with Crippen molar-refractivity contribution in [2.75, 3.05) is 23.6 Å². The Bertz CT molecular complexity index is 681. The van der Waals surface area contributed by atoms with Crippen molar-refractivity contribution in [3.63, 3.8) is 0 Å². The van der Waals surface area contributed by atoms with Gasteiger partial charge in [-0.15, -0.1) is 0 Å². The molecule has 2 rings (SSSR count). The van der Waals surface area contributed by atoms with E-state index in [2.05, 4.69) is 21.9 Å². The number of nitrogens with zero attached hydrogens (tertiary/aromatic N) is 1. The lowest BCUT2D eigenvalue weighted by molar-refractivity contribution is 0.593. The lowest BCUT2D eigenvalue weighted by Crippen LogP contribution is -2.22. The van der Waals surface area contributed by atoms with Crippen LogP contribution in [0.5, 0.6) is 0 Å². The van der Waals surface area contributed by atoms with Crippen molar-refractivity contribution in [2.24, 2.45) is 0 Å². The van der Waals surface area contributed by atoms with Crippen molar-refractivity contribution in [1.82, 2.24) is 10.3 Å². The monoisotopic (exact) mass is 307 g/mol. The molecule has 0 aliphatic rings. The van der Waals surface area contributed by atoms with Crippen molar-refractivity contribution in [2.45, 2.75) is 19.8 Å². The van der Waals surface area contributed by atoms with Gasteiger partial charge in [-0.1, -0.05) is 25.1 Å². The molecule has 0 spiro atoms. The Hall–Kier alpha value is -1.66. The summed E-state index contributed by atoms with van der Waals surface area (Å²) in [6.45, 7) is 3.71. The number of benzene rings is 1. The zero-order valence-corrected chi connectivity index (χ0v) is 13.0. The van der Waals surface area contributed by atoms with Gasteiger partial charge in [0, 0.05) is 11.6 Å². The summed E-state index contributed by atoms with van der Waals surface area (Å²) in [6, 6.07) is 9.22. The lowest BCUT2D eigenvalue weighted by Gasteiger charge is -2.10. The van der Waals surface area contributed by atoms with Gasteiger partial charge in [-0.05, 0) is 38.1 Å². The zero-order valence-electron chi connectivity index (χ0n) is 12.2. The predicted octanol–water partition coefficient (Wildman–Crippen LogP) is 2.37. The molecule has 2 N–H and O–H groups in total. The summed E-state index contributed by atoms with van der Waals surface area (Å²) in [4.78, 5) is 4.25. The van der Waals surface area contributed by atoms with E-state index in [4.69, 9.17) is 0 Å². The molecule has 2 aromatic rings. The van der Waals surface area contributed by atoms with Crippen LogP contribution in [0.1, 0.15) is 19.8 Å². The van der Waals surface area contributed by atoms with E-state index in [0.717, 1.165) is 18.4 Å². The van der Waals surface area contributed by atoms with Gasteiger partial charge in [-0.3, -0.25) is 9.71 Å². The normalized spacial score (nSPS) is 11.7. The molecule has 5 nitrogen and oxygen atoms in total. The molecular weight excluding hydrogens is 286 g/mol. The smallest absolute Gasteiger partial charge is 0.232 e. The Balaban J connectivity index is 2.02. The van der Waals surface area contributed by atoms with Crippen LogP contribution in [-0.2, 0) is 10.0 Å². The summed E-state index contributed by atoms with van der Waals surface area (Å²) in [5.41, 5.74) is 1.21. The van der Waals surface area contributed by atoms with E-state index in [-0.39, 0.29) is 5.75 Å². The molecule has 0 saturated heterocycles. The Labute approximate surface area is 125 Å². The van der Waals surface area contributed by atoms with Gasteiger partial charge in [-0.2, -0.15) is 0 Å². The molecule has 6 heteroatoms. The second-order valence-electron chi connectivity index (χ2n) is 4.91. The van der Waals surface area contributed by atoms with Gasteiger partial charge in [0.1, 0.15) is 0 Å². The average Bonchev–Trinajstić information content (AvgIpc) is 2.47. The molecule has 1 aromatic carbocycles. The van der Waals surface area contributed by atoms with Gasteiger partial charge in [0.05, 0.1) is 17.0 Å². The highest BCUT2D eigenvalue weighted by molar-refractivity contribution is 7.92. The molecule has 0 aliphatic carbocycles. The van der Waals surface area contributed by atoms with Crippen LogP contribution in [0.3, 0.4) is 0 Å².